The molecule has 16 heavy (non-hydrogen) atoms. The van der Waals surface area contributed by atoms with Crippen LogP contribution in [0.1, 0.15) is 10.5 Å². The van der Waals surface area contributed by atoms with Gasteiger partial charge in [-0.3, -0.25) is 10.2 Å². The van der Waals surface area contributed by atoms with Crippen LogP contribution in [0.5, 0.6) is 0 Å². The number of amides is 1. The molecule has 0 spiro atoms. The first kappa shape index (κ1) is 11.5. The summed E-state index contributed by atoms with van der Waals surface area (Å²) in [5, 5.41) is 1.84. The quantitative estimate of drug-likeness (QED) is 0.874. The standard InChI is InChI=1S/C10H12BrN3O2/c11-8-1-2-9(12-7-8)10(15)13-14-3-5-16-6-4-14/h1-2,7H,3-6H2,(H,13,15). The number of nitrogens with one attached hydrogen (secondary N) is 1. The molecule has 0 radical (unpaired) electrons. The zero-order valence-corrected chi connectivity index (χ0v) is 10.2. The molecule has 0 aliphatic carbocycles. The number of carbonyl (C=O) groups is 1. The van der Waals surface area contributed by atoms with E-state index in [0.717, 1.165) is 4.47 Å². The molecule has 0 unspecified atom stereocenters. The van der Waals surface area contributed by atoms with Crippen molar-refractivity contribution in [1.29, 1.82) is 0 Å². The molecule has 1 fully saturated rings. The fraction of sp³-hybridized carbons (Fsp3) is 0.400. The monoisotopic (exact) mass is 285 g/mol. The minimum absolute atomic E-state index is 0.186. The highest BCUT2D eigenvalue weighted by atomic mass is 79.9. The molecule has 0 atom stereocenters. The number of rotatable bonds is 2. The van der Waals surface area contributed by atoms with Crippen LogP contribution in [0.3, 0.4) is 0 Å². The van der Waals surface area contributed by atoms with Crippen molar-refractivity contribution >= 4 is 21.8 Å². The molecule has 0 saturated carbocycles. The van der Waals surface area contributed by atoms with Crippen molar-refractivity contribution in [3.05, 3.63) is 28.5 Å². The number of morpholine rings is 1. The molecule has 2 rings (SSSR count). The summed E-state index contributed by atoms with van der Waals surface area (Å²) in [6, 6.07) is 3.47. The second-order valence-electron chi connectivity index (χ2n) is 3.40. The molecule has 86 valence electrons. The molecular formula is C10H12BrN3O2. The fourth-order valence-electron chi connectivity index (χ4n) is 1.39. The van der Waals surface area contributed by atoms with Gasteiger partial charge in [0.05, 0.1) is 13.2 Å². The molecule has 1 aliphatic rings. The maximum Gasteiger partial charge on any atom is 0.284 e. The average molecular weight is 286 g/mol. The normalized spacial score (nSPS) is 17.1. The molecule has 5 nitrogen and oxygen atoms in total. The van der Waals surface area contributed by atoms with E-state index in [2.05, 4.69) is 26.3 Å². The van der Waals surface area contributed by atoms with E-state index in [9.17, 15) is 4.79 Å². The van der Waals surface area contributed by atoms with Gasteiger partial charge >= 0.3 is 0 Å². The molecular weight excluding hydrogens is 274 g/mol. The van der Waals surface area contributed by atoms with E-state index in [-0.39, 0.29) is 5.91 Å². The fourth-order valence-corrected chi connectivity index (χ4v) is 1.62. The number of nitrogens with zero attached hydrogens (tertiary/aromatic N) is 2. The number of pyridine rings is 1. The van der Waals surface area contributed by atoms with Crippen molar-refractivity contribution < 1.29 is 9.53 Å². The SMILES string of the molecule is O=C(NN1CCOCC1)c1ccc(Br)cn1. The van der Waals surface area contributed by atoms with Crippen LogP contribution < -0.4 is 5.43 Å². The second-order valence-corrected chi connectivity index (χ2v) is 4.32. The lowest BCUT2D eigenvalue weighted by atomic mass is 10.3. The van der Waals surface area contributed by atoms with E-state index in [4.69, 9.17) is 4.74 Å². The predicted octanol–water partition coefficient (Wildman–Crippen LogP) is 0.821. The lowest BCUT2D eigenvalue weighted by Gasteiger charge is -2.26. The van der Waals surface area contributed by atoms with Crippen LogP contribution >= 0.6 is 15.9 Å². The van der Waals surface area contributed by atoms with Gasteiger partial charge in [0.1, 0.15) is 5.69 Å². The lowest BCUT2D eigenvalue weighted by molar-refractivity contribution is 0.0124. The molecule has 0 aromatic carbocycles. The third-order valence-electron chi connectivity index (χ3n) is 2.23. The first-order valence-corrected chi connectivity index (χ1v) is 5.80. The molecule has 0 bridgehead atoms. The van der Waals surface area contributed by atoms with Crippen LogP contribution in [0.25, 0.3) is 0 Å². The van der Waals surface area contributed by atoms with Crippen LogP contribution in [-0.2, 0) is 4.74 Å². The van der Waals surface area contributed by atoms with Crippen molar-refractivity contribution in [2.45, 2.75) is 0 Å². The molecule has 1 amide bonds. The number of hydrazine groups is 1. The highest BCUT2D eigenvalue weighted by molar-refractivity contribution is 9.10. The van der Waals surface area contributed by atoms with Crippen molar-refractivity contribution in [3.63, 3.8) is 0 Å². The summed E-state index contributed by atoms with van der Waals surface area (Å²) in [5.41, 5.74) is 3.20. The van der Waals surface area contributed by atoms with E-state index in [1.54, 1.807) is 18.3 Å². The zero-order chi connectivity index (χ0) is 11.4. The molecule has 1 aromatic rings. The highest BCUT2D eigenvalue weighted by Crippen LogP contribution is 2.07. The number of aromatic nitrogens is 1. The van der Waals surface area contributed by atoms with E-state index in [1.807, 2.05) is 5.01 Å². The molecule has 1 aliphatic heterocycles. The number of hydrogen-bond acceptors (Lipinski definition) is 4. The topological polar surface area (TPSA) is 54.5 Å². The van der Waals surface area contributed by atoms with Crippen LogP contribution in [0.15, 0.2) is 22.8 Å². The van der Waals surface area contributed by atoms with Crippen LogP contribution in [0.2, 0.25) is 0 Å². The Morgan fingerprint density at radius 3 is 2.81 bits per heavy atom. The van der Waals surface area contributed by atoms with Crippen molar-refractivity contribution in [2.75, 3.05) is 26.3 Å². The van der Waals surface area contributed by atoms with E-state index < -0.39 is 0 Å². The number of hydrogen-bond donors (Lipinski definition) is 1. The van der Waals surface area contributed by atoms with Crippen LogP contribution in [-0.4, -0.2) is 42.2 Å². The second kappa shape index (κ2) is 5.38. The lowest BCUT2D eigenvalue weighted by Crippen LogP contribution is -2.48. The number of ether oxygens (including phenoxy) is 1. The highest BCUT2D eigenvalue weighted by Gasteiger charge is 2.14. The minimum atomic E-state index is -0.186. The van der Waals surface area contributed by atoms with Crippen LogP contribution in [0.4, 0.5) is 0 Å². The molecule has 1 aromatic heterocycles. The number of halogens is 1. The molecule has 2 heterocycles. The van der Waals surface area contributed by atoms with E-state index >= 15 is 0 Å². The summed E-state index contributed by atoms with van der Waals surface area (Å²) in [5.74, 6) is -0.186. The summed E-state index contributed by atoms with van der Waals surface area (Å²) in [7, 11) is 0. The maximum atomic E-state index is 11.8. The summed E-state index contributed by atoms with van der Waals surface area (Å²) in [4.78, 5) is 15.8. The maximum absolute atomic E-state index is 11.8. The van der Waals surface area contributed by atoms with Gasteiger partial charge in [-0.2, -0.15) is 0 Å². The van der Waals surface area contributed by atoms with Crippen molar-refractivity contribution in [2.24, 2.45) is 0 Å². The first-order chi connectivity index (χ1) is 7.75. The Kier molecular flexibility index (Phi) is 3.87. The molecule has 1 N–H and O–H groups in total. The van der Waals surface area contributed by atoms with Gasteiger partial charge in [0.2, 0.25) is 0 Å². The van der Waals surface area contributed by atoms with E-state index in [0.29, 0.717) is 32.0 Å². The smallest absolute Gasteiger partial charge is 0.284 e. The van der Waals surface area contributed by atoms with Gasteiger partial charge in [-0.05, 0) is 28.1 Å². The summed E-state index contributed by atoms with van der Waals surface area (Å²) < 4.78 is 6.04. The third kappa shape index (κ3) is 3.01. The van der Waals surface area contributed by atoms with Gasteiger partial charge < -0.3 is 4.74 Å². The minimum Gasteiger partial charge on any atom is -0.379 e. The van der Waals surface area contributed by atoms with Crippen LogP contribution in [0, 0.1) is 0 Å². The molecule has 1 saturated heterocycles. The van der Waals surface area contributed by atoms with Gasteiger partial charge in [0, 0.05) is 23.8 Å². The summed E-state index contributed by atoms with van der Waals surface area (Å²) in [6.45, 7) is 2.71. The Bertz CT molecular complexity index is 363. The predicted molar refractivity (Wildman–Crippen MR) is 61.8 cm³/mol. The van der Waals surface area contributed by atoms with Gasteiger partial charge in [0.25, 0.3) is 5.91 Å². The first-order valence-electron chi connectivity index (χ1n) is 5.01. The Morgan fingerprint density at radius 1 is 1.44 bits per heavy atom. The van der Waals surface area contributed by atoms with E-state index in [1.165, 1.54) is 0 Å². The molecule has 6 heteroatoms. The Labute approximate surface area is 102 Å². The Hall–Kier alpha value is -0.980. The van der Waals surface area contributed by atoms with Crippen molar-refractivity contribution in [3.8, 4) is 0 Å². The summed E-state index contributed by atoms with van der Waals surface area (Å²) in [6.07, 6.45) is 1.61. The van der Waals surface area contributed by atoms with Gasteiger partial charge in [0.15, 0.2) is 0 Å². The zero-order valence-electron chi connectivity index (χ0n) is 8.65. The average Bonchev–Trinajstić information content (AvgIpc) is 2.31. The van der Waals surface area contributed by atoms with Gasteiger partial charge in [-0.1, -0.05) is 0 Å². The largest absolute Gasteiger partial charge is 0.379 e. The Morgan fingerprint density at radius 2 is 2.19 bits per heavy atom. The Balaban J connectivity index is 1.94. The van der Waals surface area contributed by atoms with Gasteiger partial charge in [-0.15, -0.1) is 0 Å². The third-order valence-corrected chi connectivity index (χ3v) is 2.70. The summed E-state index contributed by atoms with van der Waals surface area (Å²) >= 11 is 3.27. The van der Waals surface area contributed by atoms with Crippen molar-refractivity contribution in [1.82, 2.24) is 15.4 Å². The number of carbonyl (C=O) groups excluding carboxylic acids is 1. The van der Waals surface area contributed by atoms with Gasteiger partial charge in [-0.25, -0.2) is 9.99 Å².